The summed E-state index contributed by atoms with van der Waals surface area (Å²) < 4.78 is 0. The van der Waals surface area contributed by atoms with Crippen LogP contribution in [0.4, 0.5) is 0 Å². The van der Waals surface area contributed by atoms with Gasteiger partial charge in [-0.25, -0.2) is 0 Å². The third-order valence-electron chi connectivity index (χ3n) is 4.74. The van der Waals surface area contributed by atoms with E-state index >= 15 is 0 Å². The zero-order valence-corrected chi connectivity index (χ0v) is 16.3. The maximum absolute atomic E-state index is 10.2. The summed E-state index contributed by atoms with van der Waals surface area (Å²) in [6.07, 6.45) is 11.3. The van der Waals surface area contributed by atoms with E-state index in [0.29, 0.717) is 11.5 Å². The van der Waals surface area contributed by atoms with Gasteiger partial charge in [0.05, 0.1) is 0 Å². The average molecular weight is 335 g/mol. The lowest BCUT2D eigenvalue weighted by atomic mass is 9.98. The van der Waals surface area contributed by atoms with Gasteiger partial charge < -0.3 is 10.2 Å². The molecule has 0 unspecified atom stereocenters. The Morgan fingerprint density at radius 2 is 1.00 bits per heavy atom. The molecular weight excluding hydrogens is 296 g/mol. The van der Waals surface area contributed by atoms with Gasteiger partial charge in [0, 0.05) is 0 Å². The Labute approximate surface area is 149 Å². The summed E-state index contributed by atoms with van der Waals surface area (Å²) in [6.45, 7) is 9.02. The van der Waals surface area contributed by atoms with Gasteiger partial charge in [-0.15, -0.1) is 0 Å². The average Bonchev–Trinajstić information content (AvgIpc) is 2.50. The molecule has 24 heavy (non-hydrogen) atoms. The Balaban J connectivity index is 2.39. The topological polar surface area (TPSA) is 40.5 Å². The van der Waals surface area contributed by atoms with Crippen LogP contribution in [0.2, 0.25) is 0 Å². The lowest BCUT2D eigenvalue weighted by Gasteiger charge is -2.11. The molecule has 0 radical (unpaired) electrons. The van der Waals surface area contributed by atoms with E-state index in [-0.39, 0.29) is 0 Å². The number of hydrogen-bond acceptors (Lipinski definition) is 2. The molecule has 2 heteroatoms. The standard InChI is InChI=1S/C22H38O2/c1-17(2)11-7-5-9-13-19-15-22(24)20(16-21(19)23)14-10-6-8-12-18(3)4/h15-18,23-24H,5-14H2,1-4H3. The first kappa shape index (κ1) is 20.9. The van der Waals surface area contributed by atoms with E-state index in [1.807, 2.05) is 0 Å². The maximum Gasteiger partial charge on any atom is 0.119 e. The molecule has 1 aromatic carbocycles. The van der Waals surface area contributed by atoms with Crippen molar-refractivity contribution in [2.24, 2.45) is 11.8 Å². The number of aromatic hydroxyl groups is 2. The SMILES string of the molecule is CC(C)CCCCCc1cc(O)c(CCCCCC(C)C)cc1O. The predicted molar refractivity (Wildman–Crippen MR) is 104 cm³/mol. The van der Waals surface area contributed by atoms with Crippen LogP contribution in [0, 0.1) is 11.8 Å². The summed E-state index contributed by atoms with van der Waals surface area (Å²) in [5.74, 6) is 2.24. The number of hydrogen-bond donors (Lipinski definition) is 2. The van der Waals surface area contributed by atoms with Gasteiger partial charge in [-0.05, 0) is 60.8 Å². The number of phenols is 2. The summed E-state index contributed by atoms with van der Waals surface area (Å²) in [4.78, 5) is 0. The third kappa shape index (κ3) is 8.61. The molecule has 1 aromatic rings. The van der Waals surface area contributed by atoms with Crippen molar-refractivity contribution >= 4 is 0 Å². The summed E-state index contributed by atoms with van der Waals surface area (Å²) in [6, 6.07) is 3.56. The lowest BCUT2D eigenvalue weighted by Crippen LogP contribution is -1.93. The van der Waals surface area contributed by atoms with E-state index in [4.69, 9.17) is 0 Å². The molecule has 0 bridgehead atoms. The van der Waals surface area contributed by atoms with Gasteiger partial charge in [-0.3, -0.25) is 0 Å². The second-order valence-corrected chi connectivity index (χ2v) is 8.10. The highest BCUT2D eigenvalue weighted by atomic mass is 16.3. The van der Waals surface area contributed by atoms with Crippen LogP contribution >= 0.6 is 0 Å². The number of benzene rings is 1. The van der Waals surface area contributed by atoms with E-state index in [9.17, 15) is 10.2 Å². The zero-order chi connectivity index (χ0) is 17.9. The van der Waals surface area contributed by atoms with E-state index in [2.05, 4.69) is 27.7 Å². The maximum atomic E-state index is 10.2. The van der Waals surface area contributed by atoms with Gasteiger partial charge in [0.15, 0.2) is 0 Å². The van der Waals surface area contributed by atoms with Crippen molar-refractivity contribution in [1.82, 2.24) is 0 Å². The summed E-state index contributed by atoms with van der Waals surface area (Å²) in [5, 5.41) is 20.4. The molecule has 0 saturated carbocycles. The van der Waals surface area contributed by atoms with Gasteiger partial charge in [-0.2, -0.15) is 0 Å². The van der Waals surface area contributed by atoms with Gasteiger partial charge in [-0.1, -0.05) is 66.2 Å². The summed E-state index contributed by atoms with van der Waals surface area (Å²) in [5.41, 5.74) is 1.78. The molecule has 0 spiro atoms. The molecule has 2 N–H and O–H groups in total. The molecule has 0 aliphatic carbocycles. The first-order chi connectivity index (χ1) is 11.4. The fourth-order valence-electron chi connectivity index (χ4n) is 3.15. The highest BCUT2D eigenvalue weighted by molar-refractivity contribution is 5.45. The van der Waals surface area contributed by atoms with Crippen LogP contribution < -0.4 is 0 Å². The number of aryl methyl sites for hydroxylation is 2. The molecule has 0 aromatic heterocycles. The van der Waals surface area contributed by atoms with Crippen molar-refractivity contribution in [3.8, 4) is 11.5 Å². The largest absolute Gasteiger partial charge is 0.508 e. The number of phenolic OH excluding ortho intramolecular Hbond substituents is 2. The Morgan fingerprint density at radius 3 is 1.33 bits per heavy atom. The molecule has 0 aliphatic heterocycles. The fraction of sp³-hybridized carbons (Fsp3) is 0.727. The second-order valence-electron chi connectivity index (χ2n) is 8.10. The van der Waals surface area contributed by atoms with Crippen LogP contribution in [0.15, 0.2) is 12.1 Å². The Morgan fingerprint density at radius 1 is 0.625 bits per heavy atom. The van der Waals surface area contributed by atoms with Crippen molar-refractivity contribution in [3.05, 3.63) is 23.3 Å². The van der Waals surface area contributed by atoms with Crippen LogP contribution in [-0.4, -0.2) is 10.2 Å². The fourth-order valence-corrected chi connectivity index (χ4v) is 3.15. The molecule has 0 fully saturated rings. The Bertz CT molecular complexity index is 420. The minimum Gasteiger partial charge on any atom is -0.508 e. The van der Waals surface area contributed by atoms with Crippen molar-refractivity contribution in [3.63, 3.8) is 0 Å². The van der Waals surface area contributed by atoms with Gasteiger partial charge in [0.1, 0.15) is 11.5 Å². The smallest absolute Gasteiger partial charge is 0.119 e. The quantitative estimate of drug-likeness (QED) is 0.333. The molecule has 138 valence electrons. The van der Waals surface area contributed by atoms with Crippen LogP contribution in [0.5, 0.6) is 11.5 Å². The lowest BCUT2D eigenvalue weighted by molar-refractivity contribution is 0.444. The summed E-state index contributed by atoms with van der Waals surface area (Å²) in [7, 11) is 0. The summed E-state index contributed by atoms with van der Waals surface area (Å²) >= 11 is 0. The normalized spacial score (nSPS) is 11.6. The van der Waals surface area contributed by atoms with E-state index in [1.54, 1.807) is 12.1 Å². The van der Waals surface area contributed by atoms with Crippen molar-refractivity contribution in [2.45, 2.75) is 91.9 Å². The van der Waals surface area contributed by atoms with Crippen LogP contribution in [0.1, 0.15) is 90.2 Å². The van der Waals surface area contributed by atoms with Gasteiger partial charge >= 0.3 is 0 Å². The Hall–Kier alpha value is -1.18. The third-order valence-corrected chi connectivity index (χ3v) is 4.74. The minimum absolute atomic E-state index is 0.355. The molecule has 0 aliphatic rings. The van der Waals surface area contributed by atoms with Crippen LogP contribution in [-0.2, 0) is 12.8 Å². The van der Waals surface area contributed by atoms with Crippen LogP contribution in [0.3, 0.4) is 0 Å². The zero-order valence-electron chi connectivity index (χ0n) is 16.3. The molecule has 1 rings (SSSR count). The van der Waals surface area contributed by atoms with E-state index < -0.39 is 0 Å². The van der Waals surface area contributed by atoms with Crippen molar-refractivity contribution in [2.75, 3.05) is 0 Å². The molecular formula is C22H38O2. The van der Waals surface area contributed by atoms with E-state index in [1.165, 1.54) is 38.5 Å². The van der Waals surface area contributed by atoms with Gasteiger partial charge in [0.2, 0.25) is 0 Å². The Kier molecular flexibility index (Phi) is 9.90. The molecule has 0 atom stereocenters. The molecule has 0 heterocycles. The van der Waals surface area contributed by atoms with Crippen molar-refractivity contribution in [1.29, 1.82) is 0 Å². The monoisotopic (exact) mass is 334 g/mol. The first-order valence-electron chi connectivity index (χ1n) is 9.93. The first-order valence-corrected chi connectivity index (χ1v) is 9.93. The molecule has 2 nitrogen and oxygen atoms in total. The second kappa shape index (κ2) is 11.4. The highest BCUT2D eigenvalue weighted by Crippen LogP contribution is 2.30. The minimum atomic E-state index is 0.355. The predicted octanol–water partition coefficient (Wildman–Crippen LogP) is 6.62. The molecule has 0 saturated heterocycles. The highest BCUT2D eigenvalue weighted by Gasteiger charge is 2.09. The number of unbranched alkanes of at least 4 members (excludes halogenated alkanes) is 4. The van der Waals surface area contributed by atoms with Crippen molar-refractivity contribution < 1.29 is 10.2 Å². The number of rotatable bonds is 12. The van der Waals surface area contributed by atoms with Crippen LogP contribution in [0.25, 0.3) is 0 Å². The van der Waals surface area contributed by atoms with E-state index in [0.717, 1.165) is 48.6 Å². The molecule has 0 amide bonds. The van der Waals surface area contributed by atoms with Gasteiger partial charge in [0.25, 0.3) is 0 Å².